The van der Waals surface area contributed by atoms with Crippen LogP contribution in [-0.2, 0) is 11.2 Å². The summed E-state index contributed by atoms with van der Waals surface area (Å²) in [5.41, 5.74) is 7.15. The Balaban J connectivity index is 2.99. The maximum atomic E-state index is 11.1. The van der Waals surface area contributed by atoms with Gasteiger partial charge in [-0.05, 0) is 30.4 Å². The average molecular weight is 261 g/mol. The standard InChI is InChI=1S/C13H15N3OS/c1-3-9-4-6-10(7-5-9)16-13(18-2)11(8-14)12(15)17/h4-7,16H,3H2,1-2H3,(H2,15,17). The number of nitrogens with zero attached hydrogens (tertiary/aromatic N) is 1. The van der Waals surface area contributed by atoms with Crippen molar-refractivity contribution in [2.75, 3.05) is 11.6 Å². The van der Waals surface area contributed by atoms with E-state index in [1.807, 2.05) is 30.3 Å². The molecule has 3 N–H and O–H groups in total. The smallest absolute Gasteiger partial charge is 0.262 e. The van der Waals surface area contributed by atoms with Gasteiger partial charge < -0.3 is 11.1 Å². The van der Waals surface area contributed by atoms with E-state index in [-0.39, 0.29) is 5.57 Å². The molecule has 0 saturated carbocycles. The number of rotatable bonds is 5. The van der Waals surface area contributed by atoms with Gasteiger partial charge in [0.25, 0.3) is 5.91 Å². The molecule has 0 aliphatic heterocycles. The van der Waals surface area contributed by atoms with Crippen LogP contribution in [0.4, 0.5) is 5.69 Å². The molecule has 0 aliphatic rings. The zero-order valence-corrected chi connectivity index (χ0v) is 11.2. The number of nitrogens with one attached hydrogen (secondary N) is 1. The number of carbonyl (C=O) groups excluding carboxylic acids is 1. The van der Waals surface area contributed by atoms with E-state index in [1.165, 1.54) is 17.3 Å². The molecule has 0 aliphatic carbocycles. The van der Waals surface area contributed by atoms with Crippen molar-refractivity contribution in [1.29, 1.82) is 5.26 Å². The minimum Gasteiger partial charge on any atom is -0.365 e. The van der Waals surface area contributed by atoms with E-state index in [0.29, 0.717) is 5.03 Å². The summed E-state index contributed by atoms with van der Waals surface area (Å²) in [5, 5.41) is 12.4. The third-order valence-electron chi connectivity index (χ3n) is 2.41. The van der Waals surface area contributed by atoms with E-state index in [9.17, 15) is 4.79 Å². The van der Waals surface area contributed by atoms with E-state index in [4.69, 9.17) is 11.0 Å². The van der Waals surface area contributed by atoms with Crippen LogP contribution in [0.2, 0.25) is 0 Å². The first-order chi connectivity index (χ1) is 8.62. The summed E-state index contributed by atoms with van der Waals surface area (Å²) in [4.78, 5) is 11.1. The summed E-state index contributed by atoms with van der Waals surface area (Å²) in [6.45, 7) is 2.08. The Morgan fingerprint density at radius 2 is 2.06 bits per heavy atom. The average Bonchev–Trinajstić information content (AvgIpc) is 2.38. The number of nitriles is 1. The lowest BCUT2D eigenvalue weighted by Crippen LogP contribution is -2.16. The highest BCUT2D eigenvalue weighted by Crippen LogP contribution is 2.20. The number of hydrogen-bond donors (Lipinski definition) is 2. The molecule has 1 aromatic carbocycles. The fraction of sp³-hybridized carbons (Fsp3) is 0.231. The predicted molar refractivity (Wildman–Crippen MR) is 74.8 cm³/mol. The maximum absolute atomic E-state index is 11.1. The van der Waals surface area contributed by atoms with Crippen LogP contribution < -0.4 is 11.1 Å². The SMILES string of the molecule is CCc1ccc(NC(SC)=C(C#N)C(N)=O)cc1. The van der Waals surface area contributed by atoms with Gasteiger partial charge in [-0.2, -0.15) is 5.26 Å². The largest absolute Gasteiger partial charge is 0.365 e. The number of benzene rings is 1. The fourth-order valence-electron chi connectivity index (χ4n) is 1.39. The van der Waals surface area contributed by atoms with Crippen molar-refractivity contribution in [3.8, 4) is 6.07 Å². The van der Waals surface area contributed by atoms with Crippen LogP contribution in [0.5, 0.6) is 0 Å². The minimum absolute atomic E-state index is 0.0536. The molecule has 18 heavy (non-hydrogen) atoms. The fourth-order valence-corrected chi connectivity index (χ4v) is 1.96. The van der Waals surface area contributed by atoms with Crippen LogP contribution in [0.15, 0.2) is 34.9 Å². The lowest BCUT2D eigenvalue weighted by molar-refractivity contribution is -0.114. The van der Waals surface area contributed by atoms with Gasteiger partial charge in [0.1, 0.15) is 11.6 Å². The second kappa shape index (κ2) is 6.72. The second-order valence-corrected chi connectivity index (χ2v) is 4.38. The van der Waals surface area contributed by atoms with Crippen molar-refractivity contribution >= 4 is 23.4 Å². The summed E-state index contributed by atoms with van der Waals surface area (Å²) in [5.74, 6) is -0.723. The predicted octanol–water partition coefficient (Wildman–Crippen LogP) is 2.24. The van der Waals surface area contributed by atoms with Crippen LogP contribution >= 0.6 is 11.8 Å². The molecule has 0 radical (unpaired) electrons. The summed E-state index contributed by atoms with van der Waals surface area (Å²) in [6.07, 6.45) is 2.75. The van der Waals surface area contributed by atoms with Crippen molar-refractivity contribution in [2.45, 2.75) is 13.3 Å². The molecule has 0 unspecified atom stereocenters. The first-order valence-electron chi connectivity index (χ1n) is 5.46. The van der Waals surface area contributed by atoms with Crippen LogP contribution in [-0.4, -0.2) is 12.2 Å². The third-order valence-corrected chi connectivity index (χ3v) is 3.12. The van der Waals surface area contributed by atoms with Gasteiger partial charge in [-0.1, -0.05) is 19.1 Å². The molecule has 1 rings (SSSR count). The Labute approximate surface area is 111 Å². The number of anilines is 1. The van der Waals surface area contributed by atoms with Crippen LogP contribution in [0.1, 0.15) is 12.5 Å². The molecule has 1 amide bonds. The lowest BCUT2D eigenvalue weighted by atomic mass is 10.1. The van der Waals surface area contributed by atoms with Gasteiger partial charge in [-0.3, -0.25) is 4.79 Å². The Kier molecular flexibility index (Phi) is 5.28. The topological polar surface area (TPSA) is 78.9 Å². The quantitative estimate of drug-likeness (QED) is 0.629. The van der Waals surface area contributed by atoms with Gasteiger partial charge in [0, 0.05) is 5.69 Å². The van der Waals surface area contributed by atoms with Crippen molar-refractivity contribution in [2.24, 2.45) is 5.73 Å². The van der Waals surface area contributed by atoms with Crippen molar-refractivity contribution in [1.82, 2.24) is 0 Å². The Bertz CT molecular complexity index is 500. The Morgan fingerprint density at radius 1 is 1.44 bits per heavy atom. The molecule has 0 bridgehead atoms. The van der Waals surface area contributed by atoms with Gasteiger partial charge in [0.15, 0.2) is 0 Å². The molecule has 0 saturated heterocycles. The van der Waals surface area contributed by atoms with Crippen LogP contribution in [0.3, 0.4) is 0 Å². The molecule has 0 heterocycles. The molecular formula is C13H15N3OS. The van der Waals surface area contributed by atoms with Gasteiger partial charge in [0.05, 0.1) is 5.03 Å². The minimum atomic E-state index is -0.723. The summed E-state index contributed by atoms with van der Waals surface area (Å²) >= 11 is 1.28. The van der Waals surface area contributed by atoms with Crippen molar-refractivity contribution in [3.63, 3.8) is 0 Å². The number of amides is 1. The first-order valence-corrected chi connectivity index (χ1v) is 6.69. The number of aryl methyl sites for hydroxylation is 1. The molecule has 0 aromatic heterocycles. The third kappa shape index (κ3) is 3.54. The highest BCUT2D eigenvalue weighted by atomic mass is 32.2. The molecule has 0 spiro atoms. The first kappa shape index (κ1) is 14.1. The number of primary amides is 1. The number of carbonyl (C=O) groups is 1. The summed E-state index contributed by atoms with van der Waals surface area (Å²) < 4.78 is 0. The molecule has 94 valence electrons. The van der Waals surface area contributed by atoms with Crippen LogP contribution in [0, 0.1) is 11.3 Å². The van der Waals surface area contributed by atoms with Crippen LogP contribution in [0.25, 0.3) is 0 Å². The highest BCUT2D eigenvalue weighted by Gasteiger charge is 2.11. The molecule has 0 fully saturated rings. The zero-order chi connectivity index (χ0) is 13.5. The number of nitrogens with two attached hydrogens (primary N) is 1. The molecule has 4 nitrogen and oxygen atoms in total. The van der Waals surface area contributed by atoms with E-state index in [0.717, 1.165) is 12.1 Å². The van der Waals surface area contributed by atoms with E-state index >= 15 is 0 Å². The normalized spacial score (nSPS) is 11.4. The zero-order valence-electron chi connectivity index (χ0n) is 10.4. The molecule has 5 heteroatoms. The molecule has 0 atom stereocenters. The monoisotopic (exact) mass is 261 g/mol. The van der Waals surface area contributed by atoms with E-state index in [1.54, 1.807) is 6.26 Å². The maximum Gasteiger partial charge on any atom is 0.262 e. The van der Waals surface area contributed by atoms with E-state index < -0.39 is 5.91 Å². The molecule has 1 aromatic rings. The van der Waals surface area contributed by atoms with Gasteiger partial charge in [-0.25, -0.2) is 0 Å². The van der Waals surface area contributed by atoms with Crippen molar-refractivity contribution < 1.29 is 4.79 Å². The second-order valence-electron chi connectivity index (χ2n) is 3.56. The van der Waals surface area contributed by atoms with E-state index in [2.05, 4.69) is 12.2 Å². The Hall–Kier alpha value is -1.93. The number of hydrogen-bond acceptors (Lipinski definition) is 4. The highest BCUT2D eigenvalue weighted by molar-refractivity contribution is 8.02. The van der Waals surface area contributed by atoms with Gasteiger partial charge >= 0.3 is 0 Å². The Morgan fingerprint density at radius 3 is 2.44 bits per heavy atom. The lowest BCUT2D eigenvalue weighted by Gasteiger charge is -2.10. The molecular weight excluding hydrogens is 246 g/mol. The number of thioether (sulfide) groups is 1. The van der Waals surface area contributed by atoms with Crippen molar-refractivity contribution in [3.05, 3.63) is 40.4 Å². The summed E-state index contributed by atoms with van der Waals surface area (Å²) in [7, 11) is 0. The van der Waals surface area contributed by atoms with Gasteiger partial charge in [0.2, 0.25) is 0 Å². The van der Waals surface area contributed by atoms with Gasteiger partial charge in [-0.15, -0.1) is 11.8 Å². The summed E-state index contributed by atoms with van der Waals surface area (Å²) in [6, 6.07) is 9.63.